The highest BCUT2D eigenvalue weighted by atomic mass is 16.2. The number of fused-ring (bicyclic) bond motifs is 1. The number of benzene rings is 2. The number of aryl methyl sites for hydroxylation is 1. The van der Waals surface area contributed by atoms with Gasteiger partial charge < -0.3 is 9.88 Å². The molecule has 1 aromatic heterocycles. The third-order valence-electron chi connectivity index (χ3n) is 3.60. The third-order valence-corrected chi connectivity index (χ3v) is 3.60. The van der Waals surface area contributed by atoms with Gasteiger partial charge in [0.15, 0.2) is 0 Å². The van der Waals surface area contributed by atoms with E-state index in [2.05, 4.69) is 11.4 Å². The van der Waals surface area contributed by atoms with Gasteiger partial charge in [0.05, 0.1) is 17.2 Å². The predicted octanol–water partition coefficient (Wildman–Crippen LogP) is 2.87. The van der Waals surface area contributed by atoms with Crippen LogP contribution in [0.5, 0.6) is 0 Å². The molecule has 0 aliphatic rings. The van der Waals surface area contributed by atoms with Crippen LogP contribution in [0.2, 0.25) is 0 Å². The summed E-state index contributed by atoms with van der Waals surface area (Å²) in [4.78, 5) is 24.6. The van der Waals surface area contributed by atoms with Gasteiger partial charge in [-0.25, -0.2) is 0 Å². The lowest BCUT2D eigenvalue weighted by Gasteiger charge is -2.03. The smallest absolute Gasteiger partial charge is 0.296 e. The van der Waals surface area contributed by atoms with Crippen molar-refractivity contribution in [2.24, 2.45) is 7.05 Å². The van der Waals surface area contributed by atoms with Crippen LogP contribution in [-0.2, 0) is 11.8 Å². The summed E-state index contributed by atoms with van der Waals surface area (Å²) >= 11 is 0. The first-order valence-electron chi connectivity index (χ1n) is 7.00. The summed E-state index contributed by atoms with van der Waals surface area (Å²) in [6.45, 7) is 0. The SMILES string of the molecule is Cn1cc(C(=O)C(=O)Nc2ccccc2)c2ccc(C#N)cc21. The normalized spacial score (nSPS) is 10.3. The maximum Gasteiger partial charge on any atom is 0.296 e. The Kier molecular flexibility index (Phi) is 3.65. The van der Waals surface area contributed by atoms with Crippen LogP contribution in [-0.4, -0.2) is 16.3 Å². The maximum absolute atomic E-state index is 12.4. The molecule has 0 bridgehead atoms. The molecule has 1 N–H and O–H groups in total. The van der Waals surface area contributed by atoms with E-state index in [4.69, 9.17) is 5.26 Å². The highest BCUT2D eigenvalue weighted by Gasteiger charge is 2.21. The van der Waals surface area contributed by atoms with Crippen LogP contribution in [0.15, 0.2) is 54.7 Å². The number of ketones is 1. The van der Waals surface area contributed by atoms with Gasteiger partial charge in [0, 0.05) is 29.8 Å². The van der Waals surface area contributed by atoms with Gasteiger partial charge in [0.2, 0.25) is 0 Å². The molecular weight excluding hydrogens is 290 g/mol. The molecule has 0 saturated carbocycles. The van der Waals surface area contributed by atoms with E-state index in [9.17, 15) is 9.59 Å². The number of para-hydroxylation sites is 1. The number of carbonyl (C=O) groups excluding carboxylic acids is 2. The fourth-order valence-corrected chi connectivity index (χ4v) is 2.47. The largest absolute Gasteiger partial charge is 0.350 e. The second kappa shape index (κ2) is 5.78. The van der Waals surface area contributed by atoms with Crippen molar-refractivity contribution in [1.82, 2.24) is 4.57 Å². The van der Waals surface area contributed by atoms with Crippen LogP contribution in [0.3, 0.4) is 0 Å². The van der Waals surface area contributed by atoms with Crippen LogP contribution < -0.4 is 5.32 Å². The van der Waals surface area contributed by atoms with E-state index >= 15 is 0 Å². The minimum atomic E-state index is -0.687. The van der Waals surface area contributed by atoms with Crippen molar-refractivity contribution in [3.8, 4) is 6.07 Å². The molecule has 1 amide bonds. The molecule has 0 radical (unpaired) electrons. The maximum atomic E-state index is 12.4. The molecule has 1 heterocycles. The van der Waals surface area contributed by atoms with Crippen molar-refractivity contribution in [3.63, 3.8) is 0 Å². The predicted molar refractivity (Wildman–Crippen MR) is 87.0 cm³/mol. The quantitative estimate of drug-likeness (QED) is 0.597. The number of aromatic nitrogens is 1. The zero-order chi connectivity index (χ0) is 16.4. The molecule has 3 aromatic rings. The second-order valence-electron chi connectivity index (χ2n) is 5.15. The van der Waals surface area contributed by atoms with Crippen molar-refractivity contribution in [2.45, 2.75) is 0 Å². The lowest BCUT2D eigenvalue weighted by molar-refractivity contribution is -0.112. The number of nitrogens with one attached hydrogen (secondary N) is 1. The van der Waals surface area contributed by atoms with E-state index in [1.165, 1.54) is 0 Å². The number of nitrogens with zero attached hydrogens (tertiary/aromatic N) is 2. The average molecular weight is 303 g/mol. The first kappa shape index (κ1) is 14.5. The fraction of sp³-hybridized carbons (Fsp3) is 0.0556. The Morgan fingerprint density at radius 2 is 1.87 bits per heavy atom. The highest BCUT2D eigenvalue weighted by molar-refractivity contribution is 6.48. The second-order valence-corrected chi connectivity index (χ2v) is 5.15. The summed E-state index contributed by atoms with van der Waals surface area (Å²) in [5, 5.41) is 12.2. The molecule has 5 heteroatoms. The minimum absolute atomic E-state index is 0.320. The van der Waals surface area contributed by atoms with Crippen molar-refractivity contribution < 1.29 is 9.59 Å². The number of Topliss-reactive ketones (excluding diaryl/α,β-unsaturated/α-hetero) is 1. The number of rotatable bonds is 3. The van der Waals surface area contributed by atoms with Crippen molar-refractivity contribution in [2.75, 3.05) is 5.32 Å². The molecule has 0 spiro atoms. The van der Waals surface area contributed by atoms with Crippen LogP contribution in [0, 0.1) is 11.3 Å². The monoisotopic (exact) mass is 303 g/mol. The number of hydrogen-bond acceptors (Lipinski definition) is 3. The van der Waals surface area contributed by atoms with Crippen LogP contribution >= 0.6 is 0 Å². The van der Waals surface area contributed by atoms with Crippen molar-refractivity contribution in [3.05, 3.63) is 65.9 Å². The first-order chi connectivity index (χ1) is 11.1. The molecule has 0 fully saturated rings. The van der Waals surface area contributed by atoms with Crippen LogP contribution in [0.25, 0.3) is 10.9 Å². The number of amides is 1. The standard InChI is InChI=1S/C18H13N3O2/c1-21-11-15(14-8-7-12(10-19)9-16(14)21)17(22)18(23)20-13-5-3-2-4-6-13/h2-9,11H,1H3,(H,20,23). The molecule has 3 rings (SSSR count). The molecular formula is C18H13N3O2. The molecule has 2 aromatic carbocycles. The zero-order valence-corrected chi connectivity index (χ0v) is 12.4. The summed E-state index contributed by atoms with van der Waals surface area (Å²) in [5.74, 6) is -1.29. The summed E-state index contributed by atoms with van der Waals surface area (Å²) in [6, 6.07) is 15.9. The third kappa shape index (κ3) is 2.70. The Morgan fingerprint density at radius 3 is 2.57 bits per heavy atom. The van der Waals surface area contributed by atoms with E-state index < -0.39 is 11.7 Å². The topological polar surface area (TPSA) is 74.9 Å². The fourth-order valence-electron chi connectivity index (χ4n) is 2.47. The van der Waals surface area contributed by atoms with Gasteiger partial charge in [-0.1, -0.05) is 24.3 Å². The Balaban J connectivity index is 1.95. The van der Waals surface area contributed by atoms with Gasteiger partial charge in [-0.15, -0.1) is 0 Å². The van der Waals surface area contributed by atoms with E-state index in [1.807, 2.05) is 6.07 Å². The van der Waals surface area contributed by atoms with E-state index in [0.29, 0.717) is 22.2 Å². The molecule has 0 unspecified atom stereocenters. The van der Waals surface area contributed by atoms with Gasteiger partial charge in [0.25, 0.3) is 11.7 Å². The van der Waals surface area contributed by atoms with E-state index in [1.54, 1.807) is 60.3 Å². The summed E-state index contributed by atoms with van der Waals surface area (Å²) in [6.07, 6.45) is 1.61. The Hall–Kier alpha value is -3.39. The van der Waals surface area contributed by atoms with Crippen molar-refractivity contribution >= 4 is 28.3 Å². The molecule has 0 atom stereocenters. The number of hydrogen-bond donors (Lipinski definition) is 1. The molecule has 23 heavy (non-hydrogen) atoms. The van der Waals surface area contributed by atoms with Crippen LogP contribution in [0.4, 0.5) is 5.69 Å². The molecule has 0 saturated heterocycles. The van der Waals surface area contributed by atoms with E-state index in [0.717, 1.165) is 5.52 Å². The van der Waals surface area contributed by atoms with Crippen molar-refractivity contribution in [1.29, 1.82) is 5.26 Å². The molecule has 0 aliphatic heterocycles. The number of nitriles is 1. The van der Waals surface area contributed by atoms with Gasteiger partial charge in [-0.05, 0) is 24.3 Å². The average Bonchev–Trinajstić information content (AvgIpc) is 2.91. The molecule has 112 valence electrons. The Bertz CT molecular complexity index is 950. The van der Waals surface area contributed by atoms with Gasteiger partial charge in [0.1, 0.15) is 0 Å². The zero-order valence-electron chi connectivity index (χ0n) is 12.4. The summed E-state index contributed by atoms with van der Waals surface area (Å²) < 4.78 is 1.74. The van der Waals surface area contributed by atoms with Crippen LogP contribution in [0.1, 0.15) is 15.9 Å². The first-order valence-corrected chi connectivity index (χ1v) is 7.00. The van der Waals surface area contributed by atoms with Gasteiger partial charge in [-0.3, -0.25) is 9.59 Å². The summed E-state index contributed by atoms with van der Waals surface area (Å²) in [7, 11) is 1.77. The Labute approximate surface area is 132 Å². The molecule has 5 nitrogen and oxygen atoms in total. The van der Waals surface area contributed by atoms with Gasteiger partial charge >= 0.3 is 0 Å². The Morgan fingerprint density at radius 1 is 1.13 bits per heavy atom. The number of anilines is 1. The lowest BCUT2D eigenvalue weighted by atomic mass is 10.1. The highest BCUT2D eigenvalue weighted by Crippen LogP contribution is 2.22. The summed E-state index contributed by atoms with van der Waals surface area (Å²) in [5.41, 5.74) is 2.13. The number of carbonyl (C=O) groups is 2. The van der Waals surface area contributed by atoms with E-state index in [-0.39, 0.29) is 0 Å². The lowest BCUT2D eigenvalue weighted by Crippen LogP contribution is -2.22. The minimum Gasteiger partial charge on any atom is -0.350 e. The molecule has 0 aliphatic carbocycles. The van der Waals surface area contributed by atoms with Gasteiger partial charge in [-0.2, -0.15) is 5.26 Å².